The van der Waals surface area contributed by atoms with Gasteiger partial charge < -0.3 is 20.1 Å². The summed E-state index contributed by atoms with van der Waals surface area (Å²) in [5.74, 6) is 0.880. The monoisotopic (exact) mass is 533 g/mol. The molecular weight excluding hydrogens is 510 g/mol. The molecule has 5 atom stereocenters. The van der Waals surface area contributed by atoms with Crippen molar-refractivity contribution in [1.82, 2.24) is 9.97 Å². The van der Waals surface area contributed by atoms with Gasteiger partial charge in [0.15, 0.2) is 17.5 Å². The Hall–Kier alpha value is -3.14. The fourth-order valence-electron chi connectivity index (χ4n) is 5.39. The first-order valence-corrected chi connectivity index (χ1v) is 12.1. The molecule has 194 valence electrons. The van der Waals surface area contributed by atoms with E-state index in [2.05, 4.69) is 20.9 Å². The number of hydrogen-bond donors (Lipinski definition) is 1. The quantitative estimate of drug-likeness (QED) is 0.335. The fourth-order valence-corrected chi connectivity index (χ4v) is 6.98. The third-order valence-corrected chi connectivity index (χ3v) is 8.36. The van der Waals surface area contributed by atoms with E-state index in [9.17, 15) is 13.2 Å². The number of methoxy groups -OCH3 is 1. The minimum absolute atomic E-state index is 0.0127. The topological polar surface area (TPSA) is 85.9 Å². The number of nitrogens with two attached hydrogens (primary N) is 1. The highest BCUT2D eigenvalue weighted by molar-refractivity contribution is 8.15. The molecule has 0 radical (unpaired) electrons. The van der Waals surface area contributed by atoms with Crippen LogP contribution >= 0.6 is 11.8 Å². The number of halogens is 4. The summed E-state index contributed by atoms with van der Waals surface area (Å²) >= 11 is 0.831. The minimum Gasteiger partial charge on any atom is -0.378 e. The van der Waals surface area contributed by atoms with E-state index in [-0.39, 0.29) is 23.8 Å². The molecule has 0 bridgehead atoms. The van der Waals surface area contributed by atoms with Gasteiger partial charge in [-0.1, -0.05) is 23.8 Å². The predicted octanol–water partition coefficient (Wildman–Crippen LogP) is 4.37. The van der Waals surface area contributed by atoms with Gasteiger partial charge in [-0.25, -0.2) is 4.98 Å². The van der Waals surface area contributed by atoms with E-state index < -0.39 is 40.7 Å². The van der Waals surface area contributed by atoms with Crippen molar-refractivity contribution in [2.45, 2.75) is 42.1 Å². The van der Waals surface area contributed by atoms with Gasteiger partial charge in [0.2, 0.25) is 5.95 Å². The lowest BCUT2D eigenvalue weighted by Crippen LogP contribution is -2.48. The number of terminal acetylenes is 1. The first-order chi connectivity index (χ1) is 17.5. The maximum atomic E-state index is 15.3. The van der Waals surface area contributed by atoms with Gasteiger partial charge in [0.25, 0.3) is 0 Å². The van der Waals surface area contributed by atoms with Gasteiger partial charge >= 0.3 is 6.18 Å². The Morgan fingerprint density at radius 1 is 1.38 bits per heavy atom. The molecule has 12 heteroatoms. The molecule has 1 saturated carbocycles. The second kappa shape index (κ2) is 9.01. The van der Waals surface area contributed by atoms with Crippen molar-refractivity contribution >= 4 is 34.4 Å². The molecule has 37 heavy (non-hydrogen) atoms. The van der Waals surface area contributed by atoms with Gasteiger partial charge in [-0.2, -0.15) is 17.6 Å². The molecule has 7 nitrogen and oxygen atoms in total. The lowest BCUT2D eigenvalue weighted by molar-refractivity contribution is -0.216. The first kappa shape index (κ1) is 25.5. The Morgan fingerprint density at radius 3 is 2.86 bits per heavy atom. The van der Waals surface area contributed by atoms with Gasteiger partial charge in [-0.15, -0.1) is 6.42 Å². The molecule has 2 aromatic heterocycles. The number of rotatable bonds is 6. The maximum Gasteiger partial charge on any atom is 0.416 e. The summed E-state index contributed by atoms with van der Waals surface area (Å²) in [5, 5.41) is -0.0713. The van der Waals surface area contributed by atoms with E-state index in [1.165, 1.54) is 12.3 Å². The van der Waals surface area contributed by atoms with Crippen LogP contribution in [0.25, 0.3) is 6.08 Å². The summed E-state index contributed by atoms with van der Waals surface area (Å²) in [6.07, 6.45) is 6.33. The normalized spacial score (nSPS) is 29.1. The van der Waals surface area contributed by atoms with Crippen LogP contribution in [0.2, 0.25) is 0 Å². The molecule has 2 aromatic rings. The Morgan fingerprint density at radius 2 is 2.16 bits per heavy atom. The second-order valence-electron chi connectivity index (χ2n) is 9.17. The van der Waals surface area contributed by atoms with E-state index in [1.807, 2.05) is 6.08 Å². The van der Waals surface area contributed by atoms with Gasteiger partial charge in [-0.05, 0) is 31.6 Å². The summed E-state index contributed by atoms with van der Waals surface area (Å²) in [6.45, 7) is 1.59. The number of amidine groups is 1. The Labute approximate surface area is 215 Å². The molecular formula is C25H23F4N5O2S. The zero-order valence-electron chi connectivity index (χ0n) is 19.9. The molecule has 2 aliphatic heterocycles. The number of thioether (sulfide) groups is 1. The highest BCUT2D eigenvalue weighted by Crippen LogP contribution is 2.69. The molecule has 2 N–H and O–H groups in total. The SMILES string of the molecule is C#CCOC1C=Cc2ccncc2N1c1cnc(F)c([C@@]2(C)N=C(N)S[C@@]3([C@H](OC)C(F)(F)F)C[C@H]32)c1. The van der Waals surface area contributed by atoms with Crippen LogP contribution in [-0.4, -0.2) is 52.1 Å². The molecule has 0 saturated heterocycles. The first-order valence-electron chi connectivity index (χ1n) is 11.3. The molecule has 5 rings (SSSR count). The van der Waals surface area contributed by atoms with Crippen LogP contribution in [0.5, 0.6) is 0 Å². The standard InChI is InChI=1S/C25H23F4N5O2S/c1-4-9-36-19-6-5-14-7-8-31-13-17(14)34(19)15-10-16(20(26)32-12-15)23(2)18-11-24(18,37-22(30)33-23)21(35-3)25(27,28)29/h1,5-8,10,12-13,18-19,21H,9,11H2,2-3H3,(H2,30,33)/t18-,19?,21-,23+,24-/m0/s1. The highest BCUT2D eigenvalue weighted by Gasteiger charge is 2.74. The van der Waals surface area contributed by atoms with Crippen molar-refractivity contribution in [3.05, 3.63) is 53.9 Å². The number of pyridine rings is 2. The molecule has 1 unspecified atom stereocenters. The number of aliphatic imine (C=N–C) groups is 1. The van der Waals surface area contributed by atoms with Gasteiger partial charge in [0.05, 0.1) is 34.1 Å². The summed E-state index contributed by atoms with van der Waals surface area (Å²) in [6, 6.07) is 3.33. The van der Waals surface area contributed by atoms with E-state index in [0.29, 0.717) is 11.4 Å². The average molecular weight is 534 g/mol. The molecule has 1 aliphatic carbocycles. The lowest BCUT2D eigenvalue weighted by atomic mass is 9.85. The van der Waals surface area contributed by atoms with Crippen LogP contribution in [0, 0.1) is 24.2 Å². The zero-order chi connectivity index (χ0) is 26.6. The smallest absolute Gasteiger partial charge is 0.378 e. The molecule has 4 heterocycles. The van der Waals surface area contributed by atoms with Crippen LogP contribution in [0.3, 0.4) is 0 Å². The van der Waals surface area contributed by atoms with Crippen LogP contribution in [0.1, 0.15) is 24.5 Å². The van der Waals surface area contributed by atoms with Crippen molar-refractivity contribution in [2.24, 2.45) is 16.6 Å². The zero-order valence-corrected chi connectivity index (χ0v) is 20.7. The highest BCUT2D eigenvalue weighted by atomic mass is 32.2. The van der Waals surface area contributed by atoms with Gasteiger partial charge in [-0.3, -0.25) is 9.98 Å². The minimum atomic E-state index is -4.63. The van der Waals surface area contributed by atoms with Crippen molar-refractivity contribution < 1.29 is 27.0 Å². The Bertz CT molecular complexity index is 1330. The van der Waals surface area contributed by atoms with Gasteiger partial charge in [0.1, 0.15) is 6.61 Å². The van der Waals surface area contributed by atoms with Crippen molar-refractivity contribution in [3.63, 3.8) is 0 Å². The van der Waals surface area contributed by atoms with E-state index in [4.69, 9.17) is 21.6 Å². The molecule has 3 aliphatic rings. The van der Waals surface area contributed by atoms with Crippen molar-refractivity contribution in [1.29, 1.82) is 0 Å². The maximum absolute atomic E-state index is 15.3. The van der Waals surface area contributed by atoms with Crippen molar-refractivity contribution in [3.8, 4) is 12.3 Å². The number of fused-ring (bicyclic) bond motifs is 2. The summed E-state index contributed by atoms with van der Waals surface area (Å²) in [5.41, 5.74) is 6.57. The molecule has 0 amide bonds. The van der Waals surface area contributed by atoms with Crippen molar-refractivity contribution in [2.75, 3.05) is 18.6 Å². The van der Waals surface area contributed by atoms with Crippen LogP contribution in [0.4, 0.5) is 28.9 Å². The fraction of sp³-hybridized carbons (Fsp3) is 0.400. The number of aromatic nitrogens is 2. The third-order valence-electron chi connectivity index (χ3n) is 7.02. The summed E-state index contributed by atoms with van der Waals surface area (Å²) < 4.78 is 66.3. The van der Waals surface area contributed by atoms with Crippen LogP contribution in [-0.2, 0) is 15.0 Å². The van der Waals surface area contributed by atoms with E-state index in [1.54, 1.807) is 36.4 Å². The number of hydrogen-bond acceptors (Lipinski definition) is 8. The largest absolute Gasteiger partial charge is 0.416 e. The number of anilines is 2. The van der Waals surface area contributed by atoms with E-state index in [0.717, 1.165) is 24.4 Å². The number of alkyl halides is 3. The summed E-state index contributed by atoms with van der Waals surface area (Å²) in [4.78, 5) is 14.4. The lowest BCUT2D eigenvalue weighted by Gasteiger charge is -2.38. The molecule has 1 fully saturated rings. The summed E-state index contributed by atoms with van der Waals surface area (Å²) in [7, 11) is 1.01. The average Bonchev–Trinajstić information content (AvgIpc) is 3.57. The third kappa shape index (κ3) is 4.15. The molecule has 0 spiro atoms. The van der Waals surface area contributed by atoms with Crippen LogP contribution in [0.15, 0.2) is 41.8 Å². The second-order valence-corrected chi connectivity index (χ2v) is 10.6. The van der Waals surface area contributed by atoms with Crippen LogP contribution < -0.4 is 10.6 Å². The number of ether oxygens (including phenoxy) is 2. The number of nitrogens with zero attached hydrogens (tertiary/aromatic N) is 4. The predicted molar refractivity (Wildman–Crippen MR) is 132 cm³/mol. The van der Waals surface area contributed by atoms with E-state index >= 15 is 4.39 Å². The Kier molecular flexibility index (Phi) is 6.21. The Balaban J connectivity index is 1.60. The van der Waals surface area contributed by atoms with Gasteiger partial charge in [0, 0.05) is 30.4 Å². The molecule has 0 aromatic carbocycles.